The number of amides is 2. The number of aliphatic hydroxyl groups excluding tert-OH is 1. The fourth-order valence-corrected chi connectivity index (χ4v) is 2.06. The molecule has 0 heterocycles. The lowest BCUT2D eigenvalue weighted by Crippen LogP contribution is -2.44. The van der Waals surface area contributed by atoms with Crippen molar-refractivity contribution in [3.63, 3.8) is 0 Å². The second-order valence-corrected chi connectivity index (χ2v) is 6.63. The van der Waals surface area contributed by atoms with E-state index in [4.69, 9.17) is 16.3 Å². The van der Waals surface area contributed by atoms with E-state index in [0.29, 0.717) is 5.02 Å². The third-order valence-electron chi connectivity index (χ3n) is 3.44. The molecule has 3 N–H and O–H groups in total. The third kappa shape index (κ3) is 5.83. The minimum absolute atomic E-state index is 0.194. The number of carbonyl (C=O) groups excluding carboxylic acids is 1. The summed E-state index contributed by atoms with van der Waals surface area (Å²) in [6.45, 7) is 6.22. The van der Waals surface area contributed by atoms with E-state index >= 15 is 0 Å². The van der Waals surface area contributed by atoms with Crippen molar-refractivity contribution in [1.29, 1.82) is 0 Å². The van der Waals surface area contributed by atoms with Crippen LogP contribution >= 0.6 is 11.6 Å². The molecule has 0 saturated carbocycles. The van der Waals surface area contributed by atoms with Gasteiger partial charge < -0.3 is 20.5 Å². The monoisotopic (exact) mass is 328 g/mol. The Morgan fingerprint density at radius 3 is 2.41 bits per heavy atom. The maximum Gasteiger partial charge on any atom is 0.314 e. The van der Waals surface area contributed by atoms with E-state index < -0.39 is 6.10 Å². The molecule has 0 aromatic heterocycles. The summed E-state index contributed by atoms with van der Waals surface area (Å²) in [5.41, 5.74) is 0.543. The number of halogens is 1. The first-order chi connectivity index (χ1) is 10.3. The number of methoxy groups -OCH3 is 1. The molecule has 0 saturated heterocycles. The molecule has 0 aliphatic rings. The zero-order chi connectivity index (χ0) is 16.8. The van der Waals surface area contributed by atoms with Gasteiger partial charge >= 0.3 is 6.03 Å². The van der Waals surface area contributed by atoms with Crippen molar-refractivity contribution in [2.45, 2.75) is 33.0 Å². The summed E-state index contributed by atoms with van der Waals surface area (Å²) in [4.78, 5) is 11.8. The summed E-state index contributed by atoms with van der Waals surface area (Å²) in [5.74, 6) is 0. The highest BCUT2D eigenvalue weighted by Crippen LogP contribution is 2.24. The molecule has 0 aliphatic carbocycles. The van der Waals surface area contributed by atoms with Gasteiger partial charge in [0.1, 0.15) is 6.10 Å². The summed E-state index contributed by atoms with van der Waals surface area (Å²) >= 11 is 6.12. The molecule has 124 valence electrons. The molecule has 0 spiro atoms. The van der Waals surface area contributed by atoms with Crippen LogP contribution in [0.3, 0.4) is 0 Å². The topological polar surface area (TPSA) is 70.6 Å². The number of rotatable bonds is 6. The number of aliphatic hydroxyl groups is 1. The second-order valence-electron chi connectivity index (χ2n) is 6.22. The van der Waals surface area contributed by atoms with Gasteiger partial charge in [-0.25, -0.2) is 4.79 Å². The van der Waals surface area contributed by atoms with Crippen LogP contribution in [0.2, 0.25) is 5.02 Å². The van der Waals surface area contributed by atoms with Crippen LogP contribution in [0.15, 0.2) is 24.3 Å². The molecule has 2 amide bonds. The predicted octanol–water partition coefficient (Wildman–Crippen LogP) is 2.73. The highest BCUT2D eigenvalue weighted by atomic mass is 35.5. The van der Waals surface area contributed by atoms with Crippen LogP contribution in [-0.4, -0.2) is 37.4 Å². The average Bonchev–Trinajstić information content (AvgIpc) is 2.46. The molecular weight excluding hydrogens is 304 g/mol. The van der Waals surface area contributed by atoms with Gasteiger partial charge in [-0.2, -0.15) is 0 Å². The predicted molar refractivity (Wildman–Crippen MR) is 88.1 cm³/mol. The smallest absolute Gasteiger partial charge is 0.314 e. The molecule has 0 bridgehead atoms. The van der Waals surface area contributed by atoms with Gasteiger partial charge in [0, 0.05) is 30.8 Å². The fraction of sp³-hybridized carbons (Fsp3) is 0.562. The van der Waals surface area contributed by atoms with Crippen molar-refractivity contribution in [2.75, 3.05) is 20.2 Å². The molecule has 6 heteroatoms. The Hall–Kier alpha value is -1.30. The van der Waals surface area contributed by atoms with E-state index in [1.54, 1.807) is 13.2 Å². The highest BCUT2D eigenvalue weighted by molar-refractivity contribution is 6.31. The number of ether oxygens (including phenoxy) is 1. The van der Waals surface area contributed by atoms with Crippen LogP contribution in [0.5, 0.6) is 0 Å². The van der Waals surface area contributed by atoms with Crippen LogP contribution in [0.25, 0.3) is 0 Å². The molecule has 5 nitrogen and oxygen atoms in total. The van der Waals surface area contributed by atoms with Crippen LogP contribution < -0.4 is 10.6 Å². The maximum atomic E-state index is 11.8. The largest absolute Gasteiger partial charge is 0.391 e. The van der Waals surface area contributed by atoms with Gasteiger partial charge in [-0.15, -0.1) is 0 Å². The van der Waals surface area contributed by atoms with Gasteiger partial charge in [0.25, 0.3) is 0 Å². The maximum absolute atomic E-state index is 11.8. The summed E-state index contributed by atoms with van der Waals surface area (Å²) < 4.78 is 5.37. The molecule has 22 heavy (non-hydrogen) atoms. The fourth-order valence-electron chi connectivity index (χ4n) is 1.80. The van der Waals surface area contributed by atoms with Crippen LogP contribution in [0.1, 0.15) is 32.4 Å². The first-order valence-electron chi connectivity index (χ1n) is 7.22. The van der Waals surface area contributed by atoms with E-state index in [2.05, 4.69) is 10.6 Å². The summed E-state index contributed by atoms with van der Waals surface area (Å²) in [6, 6.07) is 7.00. The van der Waals surface area contributed by atoms with Crippen LogP contribution in [0, 0.1) is 5.41 Å². The molecule has 0 radical (unpaired) electrons. The van der Waals surface area contributed by atoms with Gasteiger partial charge in [0.2, 0.25) is 0 Å². The highest BCUT2D eigenvalue weighted by Gasteiger charge is 2.22. The molecule has 2 atom stereocenters. The van der Waals surface area contributed by atoms with E-state index in [1.807, 2.05) is 39.0 Å². The first kappa shape index (κ1) is 18.7. The third-order valence-corrected chi connectivity index (χ3v) is 3.78. The Morgan fingerprint density at radius 1 is 1.27 bits per heavy atom. The van der Waals surface area contributed by atoms with Crippen molar-refractivity contribution in [1.82, 2.24) is 10.6 Å². The molecule has 0 fully saturated rings. The van der Waals surface area contributed by atoms with E-state index in [9.17, 15) is 9.90 Å². The normalized spacial score (nSPS) is 14.3. The molecular formula is C16H25ClN2O3. The lowest BCUT2D eigenvalue weighted by atomic mass is 9.89. The molecule has 0 aliphatic heterocycles. The lowest BCUT2D eigenvalue weighted by molar-refractivity contribution is 0.0645. The molecule has 1 aromatic carbocycles. The minimum Gasteiger partial charge on any atom is -0.391 e. The number of carbonyl (C=O) groups is 1. The summed E-state index contributed by atoms with van der Waals surface area (Å²) in [6.07, 6.45) is -0.938. The standard InChI is InChI=1S/C16H25ClN2O3/c1-16(2,3)14(20)10-19-15(21)18-9-13(22-4)11-7-5-6-8-12(11)17/h5-8,13-14,20H,9-10H2,1-4H3,(H2,18,19,21). The molecule has 2 unspecified atom stereocenters. The van der Waals surface area contributed by atoms with Crippen molar-refractivity contribution < 1.29 is 14.6 Å². The second kappa shape index (κ2) is 8.36. The summed E-state index contributed by atoms with van der Waals surface area (Å²) in [7, 11) is 1.57. The Morgan fingerprint density at radius 2 is 1.86 bits per heavy atom. The van der Waals surface area contributed by atoms with Crippen molar-refractivity contribution >= 4 is 17.6 Å². The SMILES string of the molecule is COC(CNC(=O)NCC(O)C(C)(C)C)c1ccccc1Cl. The number of urea groups is 1. The number of hydrogen-bond acceptors (Lipinski definition) is 3. The van der Waals surface area contributed by atoms with Crippen molar-refractivity contribution in [3.05, 3.63) is 34.9 Å². The molecule has 1 aromatic rings. The summed E-state index contributed by atoms with van der Waals surface area (Å²) in [5, 5.41) is 15.9. The number of hydrogen-bond donors (Lipinski definition) is 3. The van der Waals surface area contributed by atoms with Crippen LogP contribution in [0.4, 0.5) is 4.79 Å². The van der Waals surface area contributed by atoms with Gasteiger partial charge in [0.05, 0.1) is 6.10 Å². The van der Waals surface area contributed by atoms with Gasteiger partial charge in [0.15, 0.2) is 0 Å². The Bertz CT molecular complexity index is 489. The zero-order valence-corrected chi connectivity index (χ0v) is 14.3. The quantitative estimate of drug-likeness (QED) is 0.752. The van der Waals surface area contributed by atoms with Gasteiger partial charge in [-0.05, 0) is 11.5 Å². The lowest BCUT2D eigenvalue weighted by Gasteiger charge is -2.26. The molecule has 1 rings (SSSR count). The van der Waals surface area contributed by atoms with E-state index in [1.165, 1.54) is 0 Å². The van der Waals surface area contributed by atoms with E-state index in [0.717, 1.165) is 5.56 Å². The zero-order valence-electron chi connectivity index (χ0n) is 13.5. The number of benzene rings is 1. The number of nitrogens with one attached hydrogen (secondary N) is 2. The van der Waals surface area contributed by atoms with Gasteiger partial charge in [-0.1, -0.05) is 50.6 Å². The average molecular weight is 329 g/mol. The Balaban J connectivity index is 2.47. The van der Waals surface area contributed by atoms with Crippen LogP contribution in [-0.2, 0) is 4.74 Å². The van der Waals surface area contributed by atoms with E-state index in [-0.39, 0.29) is 30.6 Å². The minimum atomic E-state index is -0.611. The Kier molecular flexibility index (Phi) is 7.13. The van der Waals surface area contributed by atoms with Crippen molar-refractivity contribution in [2.24, 2.45) is 5.41 Å². The first-order valence-corrected chi connectivity index (χ1v) is 7.60. The van der Waals surface area contributed by atoms with Gasteiger partial charge in [-0.3, -0.25) is 0 Å². The Labute approximate surface area is 137 Å². The van der Waals surface area contributed by atoms with Crippen molar-refractivity contribution in [3.8, 4) is 0 Å².